The SMILES string of the molecule is CC(C)(C)OC(=O)N1CCCC1CCNCc1ccc(S(N)(=O)=O)o1. The van der Waals surface area contributed by atoms with Crippen LogP contribution in [0.5, 0.6) is 0 Å². The number of amides is 1. The largest absolute Gasteiger partial charge is 0.447 e. The molecule has 0 bridgehead atoms. The second-order valence-corrected chi connectivity index (χ2v) is 8.69. The molecule has 142 valence electrons. The zero-order chi connectivity index (χ0) is 18.7. The average Bonchev–Trinajstić information content (AvgIpc) is 3.10. The van der Waals surface area contributed by atoms with Crippen LogP contribution in [0.15, 0.2) is 21.6 Å². The van der Waals surface area contributed by atoms with Crippen molar-refractivity contribution in [2.24, 2.45) is 5.14 Å². The fraction of sp³-hybridized carbons (Fsp3) is 0.688. The Bertz CT molecular complexity index is 693. The number of nitrogens with one attached hydrogen (secondary N) is 1. The molecule has 1 saturated heterocycles. The van der Waals surface area contributed by atoms with Crippen molar-refractivity contribution in [2.75, 3.05) is 13.1 Å². The van der Waals surface area contributed by atoms with Gasteiger partial charge in [0.1, 0.15) is 11.4 Å². The number of hydrogen-bond donors (Lipinski definition) is 2. The number of ether oxygens (including phenoxy) is 1. The van der Waals surface area contributed by atoms with Crippen molar-refractivity contribution in [3.63, 3.8) is 0 Å². The first-order valence-corrected chi connectivity index (χ1v) is 9.93. The molecule has 0 aliphatic carbocycles. The fourth-order valence-corrected chi connectivity index (χ4v) is 3.26. The highest BCUT2D eigenvalue weighted by Gasteiger charge is 2.31. The third-order valence-electron chi connectivity index (χ3n) is 3.88. The quantitative estimate of drug-likeness (QED) is 0.735. The van der Waals surface area contributed by atoms with Gasteiger partial charge in [0, 0.05) is 12.6 Å². The summed E-state index contributed by atoms with van der Waals surface area (Å²) in [5, 5.41) is 7.96. The van der Waals surface area contributed by atoms with Crippen molar-refractivity contribution >= 4 is 16.1 Å². The lowest BCUT2D eigenvalue weighted by atomic mass is 10.1. The highest BCUT2D eigenvalue weighted by Crippen LogP contribution is 2.22. The molecule has 1 amide bonds. The molecule has 2 rings (SSSR count). The van der Waals surface area contributed by atoms with Crippen molar-refractivity contribution in [1.29, 1.82) is 0 Å². The van der Waals surface area contributed by atoms with Crippen molar-refractivity contribution in [2.45, 2.75) is 63.3 Å². The molecule has 8 nitrogen and oxygen atoms in total. The molecule has 0 aromatic carbocycles. The Morgan fingerprint density at radius 3 is 2.76 bits per heavy atom. The highest BCUT2D eigenvalue weighted by molar-refractivity contribution is 7.89. The standard InChI is InChI=1S/C16H27N3O5S/c1-16(2,3)24-15(20)19-10-4-5-12(19)8-9-18-11-13-6-7-14(23-13)25(17,21)22/h6-7,12,18H,4-5,8-11H2,1-3H3,(H2,17,21,22). The third kappa shape index (κ3) is 6.02. The van der Waals surface area contributed by atoms with Crippen LogP contribution in [0.4, 0.5) is 4.79 Å². The number of rotatable bonds is 6. The van der Waals surface area contributed by atoms with Gasteiger partial charge in [0.15, 0.2) is 0 Å². The van der Waals surface area contributed by atoms with Crippen LogP contribution in [0.1, 0.15) is 45.8 Å². The van der Waals surface area contributed by atoms with Crippen LogP contribution < -0.4 is 10.5 Å². The molecular formula is C16H27N3O5S. The zero-order valence-corrected chi connectivity index (χ0v) is 15.8. The van der Waals surface area contributed by atoms with Gasteiger partial charge < -0.3 is 19.4 Å². The van der Waals surface area contributed by atoms with Gasteiger partial charge in [0.25, 0.3) is 10.0 Å². The number of nitrogens with zero attached hydrogens (tertiary/aromatic N) is 1. The van der Waals surface area contributed by atoms with E-state index in [2.05, 4.69) is 5.32 Å². The predicted molar refractivity (Wildman–Crippen MR) is 92.4 cm³/mol. The number of sulfonamides is 1. The first-order valence-electron chi connectivity index (χ1n) is 8.38. The maximum Gasteiger partial charge on any atom is 0.410 e. The molecule has 1 aromatic heterocycles. The molecule has 25 heavy (non-hydrogen) atoms. The van der Waals surface area contributed by atoms with Gasteiger partial charge >= 0.3 is 6.09 Å². The number of nitrogens with two attached hydrogens (primary N) is 1. The minimum atomic E-state index is -3.81. The third-order valence-corrected chi connectivity index (χ3v) is 4.66. The fourth-order valence-electron chi connectivity index (χ4n) is 2.78. The molecule has 2 heterocycles. The summed E-state index contributed by atoms with van der Waals surface area (Å²) >= 11 is 0. The molecule has 1 fully saturated rings. The molecule has 9 heteroatoms. The Balaban J connectivity index is 1.77. The molecule has 0 spiro atoms. The Hall–Kier alpha value is -1.58. The first kappa shape index (κ1) is 19.7. The summed E-state index contributed by atoms with van der Waals surface area (Å²) < 4.78 is 32.9. The van der Waals surface area contributed by atoms with Gasteiger partial charge in [-0.25, -0.2) is 18.4 Å². The smallest absolute Gasteiger partial charge is 0.410 e. The lowest BCUT2D eigenvalue weighted by molar-refractivity contribution is 0.0220. The van der Waals surface area contributed by atoms with E-state index in [1.807, 2.05) is 20.8 Å². The van der Waals surface area contributed by atoms with E-state index in [1.165, 1.54) is 6.07 Å². The van der Waals surface area contributed by atoms with E-state index in [1.54, 1.807) is 11.0 Å². The molecule has 3 N–H and O–H groups in total. The van der Waals surface area contributed by atoms with Gasteiger partial charge in [-0.3, -0.25) is 0 Å². The van der Waals surface area contributed by atoms with Crippen LogP contribution in [0.3, 0.4) is 0 Å². The van der Waals surface area contributed by atoms with Crippen LogP contribution in [-0.2, 0) is 21.3 Å². The number of primary sulfonamides is 1. The van der Waals surface area contributed by atoms with Gasteiger partial charge in [0.05, 0.1) is 6.54 Å². The van der Waals surface area contributed by atoms with Gasteiger partial charge in [-0.05, 0) is 58.7 Å². The number of carbonyl (C=O) groups is 1. The Labute approximate surface area is 148 Å². The van der Waals surface area contributed by atoms with Gasteiger partial charge in [0.2, 0.25) is 5.09 Å². The van der Waals surface area contributed by atoms with Crippen molar-refractivity contribution in [1.82, 2.24) is 10.2 Å². The number of carbonyl (C=O) groups excluding carboxylic acids is 1. The minimum absolute atomic E-state index is 0.152. The predicted octanol–water partition coefficient (Wildman–Crippen LogP) is 1.81. The van der Waals surface area contributed by atoms with Gasteiger partial charge in [-0.1, -0.05) is 0 Å². The summed E-state index contributed by atoms with van der Waals surface area (Å²) in [7, 11) is -3.81. The Morgan fingerprint density at radius 1 is 1.44 bits per heavy atom. The van der Waals surface area contributed by atoms with E-state index in [4.69, 9.17) is 14.3 Å². The van der Waals surface area contributed by atoms with Crippen LogP contribution in [0.25, 0.3) is 0 Å². The van der Waals surface area contributed by atoms with E-state index < -0.39 is 15.6 Å². The maximum atomic E-state index is 12.2. The Morgan fingerprint density at radius 2 is 2.16 bits per heavy atom. The summed E-state index contributed by atoms with van der Waals surface area (Å²) in [6.45, 7) is 7.36. The summed E-state index contributed by atoms with van der Waals surface area (Å²) in [5.74, 6) is 0.499. The van der Waals surface area contributed by atoms with Gasteiger partial charge in [-0.2, -0.15) is 0 Å². The molecule has 1 aliphatic heterocycles. The molecule has 1 unspecified atom stereocenters. The maximum absolute atomic E-state index is 12.2. The van der Waals surface area contributed by atoms with Crippen LogP contribution in [0.2, 0.25) is 0 Å². The summed E-state index contributed by atoms with van der Waals surface area (Å²) in [6.07, 6.45) is 2.46. The normalized spacial score (nSPS) is 18.6. The second kappa shape index (κ2) is 7.76. The van der Waals surface area contributed by atoms with Crippen LogP contribution in [-0.4, -0.2) is 44.1 Å². The molecule has 0 saturated carbocycles. The summed E-state index contributed by atoms with van der Waals surface area (Å²) in [4.78, 5) is 14.0. The molecule has 1 aromatic rings. The van der Waals surface area contributed by atoms with Crippen molar-refractivity contribution in [3.8, 4) is 0 Å². The van der Waals surface area contributed by atoms with Crippen LogP contribution >= 0.6 is 0 Å². The van der Waals surface area contributed by atoms with Crippen molar-refractivity contribution in [3.05, 3.63) is 17.9 Å². The van der Waals surface area contributed by atoms with Gasteiger partial charge in [-0.15, -0.1) is 0 Å². The summed E-state index contributed by atoms with van der Waals surface area (Å²) in [6, 6.07) is 3.07. The second-order valence-electron chi connectivity index (χ2n) is 7.20. The highest BCUT2D eigenvalue weighted by atomic mass is 32.2. The topological polar surface area (TPSA) is 115 Å². The molecule has 1 aliphatic rings. The number of hydrogen-bond acceptors (Lipinski definition) is 6. The summed E-state index contributed by atoms with van der Waals surface area (Å²) in [5.41, 5.74) is -0.497. The van der Waals surface area contributed by atoms with E-state index in [0.29, 0.717) is 18.8 Å². The van der Waals surface area contributed by atoms with E-state index in [9.17, 15) is 13.2 Å². The lowest BCUT2D eigenvalue weighted by Crippen LogP contribution is -2.40. The minimum Gasteiger partial charge on any atom is -0.447 e. The molecule has 1 atom stereocenters. The molecular weight excluding hydrogens is 346 g/mol. The first-order chi connectivity index (χ1) is 11.6. The molecule has 0 radical (unpaired) electrons. The van der Waals surface area contributed by atoms with Crippen LogP contribution in [0, 0.1) is 0 Å². The van der Waals surface area contributed by atoms with E-state index >= 15 is 0 Å². The lowest BCUT2D eigenvalue weighted by Gasteiger charge is -2.28. The van der Waals surface area contributed by atoms with E-state index in [-0.39, 0.29) is 17.2 Å². The van der Waals surface area contributed by atoms with Crippen molar-refractivity contribution < 1.29 is 22.4 Å². The monoisotopic (exact) mass is 373 g/mol. The Kier molecular flexibility index (Phi) is 6.12. The average molecular weight is 373 g/mol. The zero-order valence-electron chi connectivity index (χ0n) is 14.9. The number of likely N-dealkylation sites (tertiary alicyclic amines) is 1. The number of furan rings is 1. The van der Waals surface area contributed by atoms with E-state index in [0.717, 1.165) is 25.8 Å².